The number of rotatable bonds is 2. The Morgan fingerprint density at radius 1 is 1.26 bits per heavy atom. The molecule has 4 rings (SSSR count). The van der Waals surface area contributed by atoms with Gasteiger partial charge in [-0.2, -0.15) is 0 Å². The molecular formula is C19H18N2O2. The average molecular weight is 306 g/mol. The van der Waals surface area contributed by atoms with Crippen LogP contribution >= 0.6 is 0 Å². The first-order valence-corrected chi connectivity index (χ1v) is 7.74. The van der Waals surface area contributed by atoms with Gasteiger partial charge in [-0.1, -0.05) is 24.3 Å². The maximum absolute atomic E-state index is 12.1. The van der Waals surface area contributed by atoms with Gasteiger partial charge in [-0.3, -0.25) is 4.79 Å². The Bertz CT molecular complexity index is 911. The van der Waals surface area contributed by atoms with Crippen LogP contribution in [0.3, 0.4) is 0 Å². The molecule has 0 spiro atoms. The van der Waals surface area contributed by atoms with Crippen LogP contribution in [0.2, 0.25) is 0 Å². The van der Waals surface area contributed by atoms with Crippen LogP contribution in [-0.2, 0) is 0 Å². The van der Waals surface area contributed by atoms with Crippen LogP contribution < -0.4 is 10.1 Å². The van der Waals surface area contributed by atoms with Crippen molar-refractivity contribution in [2.24, 2.45) is 0 Å². The van der Waals surface area contributed by atoms with Crippen molar-refractivity contribution in [3.63, 3.8) is 0 Å². The highest BCUT2D eigenvalue weighted by Gasteiger charge is 2.31. The highest BCUT2D eigenvalue weighted by atomic mass is 16.5. The molecule has 2 heterocycles. The molecule has 116 valence electrons. The van der Waals surface area contributed by atoms with Crippen molar-refractivity contribution in [1.82, 2.24) is 10.3 Å². The van der Waals surface area contributed by atoms with Gasteiger partial charge in [-0.15, -0.1) is 0 Å². The number of hydrogen-bond donors (Lipinski definition) is 2. The highest BCUT2D eigenvalue weighted by molar-refractivity contribution is 5.98. The van der Waals surface area contributed by atoms with Gasteiger partial charge in [0, 0.05) is 35.6 Å². The molecule has 1 amide bonds. The highest BCUT2D eigenvalue weighted by Crippen LogP contribution is 2.43. The summed E-state index contributed by atoms with van der Waals surface area (Å²) >= 11 is 0. The van der Waals surface area contributed by atoms with Crippen molar-refractivity contribution in [1.29, 1.82) is 0 Å². The molecule has 1 atom stereocenters. The van der Waals surface area contributed by atoms with E-state index in [2.05, 4.69) is 34.7 Å². The van der Waals surface area contributed by atoms with E-state index in [0.717, 1.165) is 16.6 Å². The second-order valence-electron chi connectivity index (χ2n) is 5.96. The molecule has 0 aliphatic carbocycles. The lowest BCUT2D eigenvalue weighted by Crippen LogP contribution is -2.18. The van der Waals surface area contributed by atoms with Gasteiger partial charge < -0.3 is 15.0 Å². The van der Waals surface area contributed by atoms with Crippen molar-refractivity contribution in [3.05, 3.63) is 64.8 Å². The van der Waals surface area contributed by atoms with Gasteiger partial charge in [0.2, 0.25) is 0 Å². The van der Waals surface area contributed by atoms with Gasteiger partial charge in [0.25, 0.3) is 5.91 Å². The Balaban J connectivity index is 1.88. The molecule has 1 aliphatic heterocycles. The minimum atomic E-state index is -0.107. The van der Waals surface area contributed by atoms with Crippen LogP contribution in [0.4, 0.5) is 0 Å². The number of carbonyl (C=O) groups is 1. The van der Waals surface area contributed by atoms with Crippen LogP contribution in [0.1, 0.15) is 33.0 Å². The SMILES string of the molecule is CNC(=O)c1cc(C)cc2c1OCC2c1c[nH]c2ccccc12. The average Bonchev–Trinajstić information content (AvgIpc) is 3.16. The van der Waals surface area contributed by atoms with Gasteiger partial charge in [0.15, 0.2) is 0 Å². The molecule has 0 radical (unpaired) electrons. The van der Waals surface area contributed by atoms with E-state index in [9.17, 15) is 4.79 Å². The van der Waals surface area contributed by atoms with Crippen LogP contribution in [0.15, 0.2) is 42.6 Å². The van der Waals surface area contributed by atoms with Crippen molar-refractivity contribution in [2.45, 2.75) is 12.8 Å². The van der Waals surface area contributed by atoms with E-state index < -0.39 is 0 Å². The number of H-pyrrole nitrogens is 1. The summed E-state index contributed by atoms with van der Waals surface area (Å²) in [6.07, 6.45) is 2.05. The third-order valence-corrected chi connectivity index (χ3v) is 4.50. The second-order valence-corrected chi connectivity index (χ2v) is 5.96. The predicted molar refractivity (Wildman–Crippen MR) is 90.2 cm³/mol. The minimum Gasteiger partial charge on any atom is -0.491 e. The molecule has 1 unspecified atom stereocenters. The number of fused-ring (bicyclic) bond motifs is 2. The zero-order valence-electron chi connectivity index (χ0n) is 13.1. The Morgan fingerprint density at radius 3 is 2.91 bits per heavy atom. The quantitative estimate of drug-likeness (QED) is 0.763. The van der Waals surface area contributed by atoms with E-state index in [1.165, 1.54) is 10.9 Å². The molecule has 2 aromatic carbocycles. The summed E-state index contributed by atoms with van der Waals surface area (Å²) in [6, 6.07) is 12.3. The molecule has 2 N–H and O–H groups in total. The van der Waals surface area contributed by atoms with E-state index >= 15 is 0 Å². The second kappa shape index (κ2) is 5.16. The first-order chi connectivity index (χ1) is 11.2. The lowest BCUT2D eigenvalue weighted by Gasteiger charge is -2.10. The van der Waals surface area contributed by atoms with Crippen LogP contribution in [-0.4, -0.2) is 24.5 Å². The number of nitrogens with one attached hydrogen (secondary N) is 2. The molecule has 3 aromatic rings. The van der Waals surface area contributed by atoms with Crippen LogP contribution in [0, 0.1) is 6.92 Å². The number of benzene rings is 2. The first kappa shape index (κ1) is 13.9. The zero-order valence-corrected chi connectivity index (χ0v) is 13.1. The molecular weight excluding hydrogens is 288 g/mol. The molecule has 1 aromatic heterocycles. The third kappa shape index (κ3) is 2.10. The number of hydrogen-bond acceptors (Lipinski definition) is 2. The van der Waals surface area contributed by atoms with Gasteiger partial charge in [0.05, 0.1) is 12.2 Å². The minimum absolute atomic E-state index is 0.107. The summed E-state index contributed by atoms with van der Waals surface area (Å²) in [6.45, 7) is 2.57. The Hall–Kier alpha value is -2.75. The number of carbonyl (C=O) groups excluding carboxylic acids is 1. The standard InChI is InChI=1S/C19H18N2O2/c1-11-7-13-16(10-23-18(13)14(8-11)19(22)20-2)15-9-21-17-6-4-3-5-12(15)17/h3-9,16,21H,10H2,1-2H3,(H,20,22). The van der Waals surface area contributed by atoms with Crippen LogP contribution in [0.5, 0.6) is 5.75 Å². The third-order valence-electron chi connectivity index (χ3n) is 4.50. The lowest BCUT2D eigenvalue weighted by molar-refractivity contribution is 0.0960. The van der Waals surface area contributed by atoms with E-state index in [1.54, 1.807) is 7.05 Å². The van der Waals surface area contributed by atoms with Gasteiger partial charge in [-0.25, -0.2) is 0 Å². The lowest BCUT2D eigenvalue weighted by atomic mass is 9.90. The first-order valence-electron chi connectivity index (χ1n) is 7.74. The smallest absolute Gasteiger partial charge is 0.254 e. The fourth-order valence-corrected chi connectivity index (χ4v) is 3.42. The Labute approximate surface area is 134 Å². The normalized spacial score (nSPS) is 16.2. The van der Waals surface area contributed by atoms with Crippen LogP contribution in [0.25, 0.3) is 10.9 Å². The summed E-state index contributed by atoms with van der Waals surface area (Å²) in [5, 5.41) is 3.90. The van der Waals surface area contributed by atoms with Gasteiger partial charge >= 0.3 is 0 Å². The van der Waals surface area contributed by atoms with E-state index in [4.69, 9.17) is 4.74 Å². The maximum atomic E-state index is 12.1. The van der Waals surface area contributed by atoms with Crippen molar-refractivity contribution in [3.8, 4) is 5.75 Å². The monoisotopic (exact) mass is 306 g/mol. The summed E-state index contributed by atoms with van der Waals surface area (Å²) in [5.74, 6) is 0.749. The van der Waals surface area contributed by atoms with E-state index in [0.29, 0.717) is 17.9 Å². The largest absolute Gasteiger partial charge is 0.491 e. The van der Waals surface area contributed by atoms with E-state index in [-0.39, 0.29) is 11.8 Å². The number of aromatic amines is 1. The number of ether oxygens (including phenoxy) is 1. The molecule has 0 saturated carbocycles. The molecule has 23 heavy (non-hydrogen) atoms. The summed E-state index contributed by atoms with van der Waals surface area (Å²) < 4.78 is 5.92. The zero-order chi connectivity index (χ0) is 16.0. The molecule has 4 heteroatoms. The number of amides is 1. The predicted octanol–water partition coefficient (Wildman–Crippen LogP) is 3.36. The summed E-state index contributed by atoms with van der Waals surface area (Å²) in [7, 11) is 1.64. The van der Waals surface area contributed by atoms with Gasteiger partial charge in [-0.05, 0) is 30.2 Å². The molecule has 0 bridgehead atoms. The van der Waals surface area contributed by atoms with Crippen molar-refractivity contribution in [2.75, 3.05) is 13.7 Å². The molecule has 1 aliphatic rings. The summed E-state index contributed by atoms with van der Waals surface area (Å²) in [5.41, 5.74) is 5.11. The van der Waals surface area contributed by atoms with Gasteiger partial charge in [0.1, 0.15) is 5.75 Å². The van der Waals surface area contributed by atoms with Crippen molar-refractivity contribution < 1.29 is 9.53 Å². The van der Waals surface area contributed by atoms with Crippen molar-refractivity contribution >= 4 is 16.8 Å². The van der Waals surface area contributed by atoms with E-state index in [1.807, 2.05) is 25.1 Å². The fraction of sp³-hybridized carbons (Fsp3) is 0.211. The Kier molecular flexibility index (Phi) is 3.11. The Morgan fingerprint density at radius 2 is 2.09 bits per heavy atom. The number of aromatic nitrogens is 1. The summed E-state index contributed by atoms with van der Waals surface area (Å²) in [4.78, 5) is 15.5. The molecule has 4 nitrogen and oxygen atoms in total. The maximum Gasteiger partial charge on any atom is 0.254 e. The topological polar surface area (TPSA) is 54.1 Å². The molecule has 0 saturated heterocycles. The molecule has 0 fully saturated rings. The number of para-hydroxylation sites is 1. The number of aryl methyl sites for hydroxylation is 1. The fourth-order valence-electron chi connectivity index (χ4n) is 3.42.